The standard InChI is InChI=1S/C17H14FIN2/c1-3-14(10-11-20-2)4-5-15-12-19(21-13-15)17-8-6-16(18)7-9-17/h3,6-13H,2H2,1H3/b11-10-,14-3-. The third kappa shape index (κ3) is 4.50. The summed E-state index contributed by atoms with van der Waals surface area (Å²) in [4.78, 5) is 3.66. The Morgan fingerprint density at radius 1 is 1.38 bits per heavy atom. The molecule has 21 heavy (non-hydrogen) atoms. The fourth-order valence-corrected chi connectivity index (χ4v) is 4.99. The van der Waals surface area contributed by atoms with E-state index in [0.717, 1.165) is 14.7 Å². The average molecular weight is 392 g/mol. The summed E-state index contributed by atoms with van der Waals surface area (Å²) in [5, 5.41) is 0. The minimum absolute atomic E-state index is 0.220. The molecule has 0 spiro atoms. The van der Waals surface area contributed by atoms with Crippen LogP contribution >= 0.6 is 20.1 Å². The maximum atomic E-state index is 12.9. The first kappa shape index (κ1) is 15.4. The van der Waals surface area contributed by atoms with Crippen molar-refractivity contribution in [3.8, 4) is 11.8 Å². The molecule has 0 aliphatic carbocycles. The number of benzene rings is 1. The van der Waals surface area contributed by atoms with Gasteiger partial charge in [-0.2, -0.15) is 0 Å². The van der Waals surface area contributed by atoms with Crippen LogP contribution in [0.1, 0.15) is 6.92 Å². The number of nitrogens with zero attached hydrogens (tertiary/aromatic N) is 2. The molecule has 0 aromatic heterocycles. The molecule has 1 aromatic rings. The topological polar surface area (TPSA) is 24.7 Å². The molecule has 0 unspecified atom stereocenters. The van der Waals surface area contributed by atoms with E-state index in [2.05, 4.69) is 30.8 Å². The van der Waals surface area contributed by atoms with Gasteiger partial charge in [0.1, 0.15) is 0 Å². The molecule has 0 fully saturated rings. The van der Waals surface area contributed by atoms with Crippen LogP contribution in [-0.4, -0.2) is 12.9 Å². The molecule has 0 saturated heterocycles. The third-order valence-corrected chi connectivity index (χ3v) is 6.70. The van der Waals surface area contributed by atoms with Gasteiger partial charge in [-0.25, -0.2) is 0 Å². The van der Waals surface area contributed by atoms with Gasteiger partial charge in [-0.3, -0.25) is 0 Å². The van der Waals surface area contributed by atoms with Crippen LogP contribution in [0.25, 0.3) is 0 Å². The van der Waals surface area contributed by atoms with E-state index in [4.69, 9.17) is 0 Å². The maximum absolute atomic E-state index is 12.9. The molecule has 106 valence electrons. The Bertz CT molecular complexity index is 701. The van der Waals surface area contributed by atoms with Crippen LogP contribution in [0.2, 0.25) is 0 Å². The molecule has 0 atom stereocenters. The van der Waals surface area contributed by atoms with Crippen LogP contribution in [-0.2, 0) is 0 Å². The van der Waals surface area contributed by atoms with E-state index in [1.807, 2.05) is 25.3 Å². The fourth-order valence-electron chi connectivity index (χ4n) is 1.50. The second-order valence-corrected chi connectivity index (χ2v) is 8.10. The van der Waals surface area contributed by atoms with Gasteiger partial charge in [-0.15, -0.1) is 0 Å². The summed E-state index contributed by atoms with van der Waals surface area (Å²) in [5.74, 6) is 5.95. The normalized spacial score (nSPS) is 15.8. The van der Waals surface area contributed by atoms with Gasteiger partial charge in [0.2, 0.25) is 0 Å². The summed E-state index contributed by atoms with van der Waals surface area (Å²) in [6.45, 7) is 5.31. The van der Waals surface area contributed by atoms with Gasteiger partial charge in [-0.05, 0) is 0 Å². The fraction of sp³-hybridized carbons (Fsp3) is 0.0588. The van der Waals surface area contributed by atoms with Crippen molar-refractivity contribution in [3.05, 3.63) is 67.2 Å². The van der Waals surface area contributed by atoms with Gasteiger partial charge in [0.15, 0.2) is 0 Å². The predicted molar refractivity (Wildman–Crippen MR) is 95.9 cm³/mol. The molecule has 0 amide bonds. The van der Waals surface area contributed by atoms with Crippen LogP contribution in [0.4, 0.5) is 4.39 Å². The number of halogens is 2. The zero-order valence-electron chi connectivity index (χ0n) is 11.6. The number of hydrogen-bond acceptors (Lipinski definition) is 2. The van der Waals surface area contributed by atoms with Crippen molar-refractivity contribution in [3.63, 3.8) is 0 Å². The second-order valence-electron chi connectivity index (χ2n) is 4.01. The average Bonchev–Trinajstić information content (AvgIpc) is 2.97. The zero-order valence-corrected chi connectivity index (χ0v) is 13.7. The second kappa shape index (κ2) is 7.70. The molecule has 1 aromatic carbocycles. The Morgan fingerprint density at radius 3 is 2.81 bits per heavy atom. The van der Waals surface area contributed by atoms with Gasteiger partial charge in [0.25, 0.3) is 0 Å². The first-order chi connectivity index (χ1) is 10.2. The molecule has 1 heterocycles. The Hall–Kier alpha value is -2.00. The van der Waals surface area contributed by atoms with Crippen molar-refractivity contribution in [2.75, 3.05) is 0 Å². The summed E-state index contributed by atoms with van der Waals surface area (Å²) < 4.78 is 20.7. The Labute approximate surface area is 131 Å². The van der Waals surface area contributed by atoms with E-state index >= 15 is 0 Å². The van der Waals surface area contributed by atoms with Crippen molar-refractivity contribution in [1.82, 2.24) is 0 Å². The van der Waals surface area contributed by atoms with Crippen molar-refractivity contribution >= 4 is 33.0 Å². The number of aliphatic imine (C=N–C) groups is 1. The minimum atomic E-state index is -1.73. The molecule has 1 aliphatic heterocycles. The first-order valence-electron chi connectivity index (χ1n) is 6.23. The summed E-state index contributed by atoms with van der Waals surface area (Å²) in [5.41, 5.74) is 1.80. The van der Waals surface area contributed by atoms with Gasteiger partial charge in [0.05, 0.1) is 0 Å². The first-order valence-corrected chi connectivity index (χ1v) is 9.52. The van der Waals surface area contributed by atoms with E-state index in [0.29, 0.717) is 0 Å². The summed E-state index contributed by atoms with van der Waals surface area (Å²) >= 11 is -1.73. The van der Waals surface area contributed by atoms with Gasteiger partial charge in [-0.1, -0.05) is 0 Å². The van der Waals surface area contributed by atoms with E-state index in [1.165, 1.54) is 12.1 Å². The molecule has 0 bridgehead atoms. The van der Waals surface area contributed by atoms with Crippen LogP contribution < -0.4 is 0 Å². The van der Waals surface area contributed by atoms with E-state index in [9.17, 15) is 4.39 Å². The number of rotatable bonds is 3. The monoisotopic (exact) mass is 392 g/mol. The molecule has 0 radical (unpaired) electrons. The molecular formula is C17H14FIN2. The molecule has 2 nitrogen and oxygen atoms in total. The molecule has 1 aliphatic rings. The van der Waals surface area contributed by atoms with Gasteiger partial charge >= 0.3 is 132 Å². The van der Waals surface area contributed by atoms with Crippen LogP contribution in [0.3, 0.4) is 0 Å². The molecule has 2 rings (SSSR count). The van der Waals surface area contributed by atoms with Crippen molar-refractivity contribution < 1.29 is 4.39 Å². The van der Waals surface area contributed by atoms with E-state index in [1.54, 1.807) is 18.3 Å². The molecule has 0 N–H and O–H groups in total. The Morgan fingerprint density at radius 2 is 2.14 bits per heavy atom. The molecule has 0 saturated carbocycles. The van der Waals surface area contributed by atoms with E-state index < -0.39 is 20.1 Å². The van der Waals surface area contributed by atoms with Crippen LogP contribution in [0.5, 0.6) is 0 Å². The molecule has 4 heteroatoms. The number of allylic oxidation sites excluding steroid dienone is 4. The van der Waals surface area contributed by atoms with E-state index in [-0.39, 0.29) is 5.82 Å². The summed E-state index contributed by atoms with van der Waals surface area (Å²) in [7, 11) is 0. The van der Waals surface area contributed by atoms with Crippen LogP contribution in [0, 0.1) is 21.2 Å². The quantitative estimate of drug-likeness (QED) is 0.312. The van der Waals surface area contributed by atoms with Gasteiger partial charge in [0, 0.05) is 0 Å². The third-order valence-electron chi connectivity index (χ3n) is 2.56. The summed E-state index contributed by atoms with van der Waals surface area (Å²) in [6.07, 6.45) is 7.14. The molecular weight excluding hydrogens is 378 g/mol. The Balaban J connectivity index is 2.12. The van der Waals surface area contributed by atoms with Crippen LogP contribution in [0.15, 0.2) is 66.0 Å². The zero-order chi connectivity index (χ0) is 15.1. The van der Waals surface area contributed by atoms with Gasteiger partial charge < -0.3 is 0 Å². The van der Waals surface area contributed by atoms with Crippen molar-refractivity contribution in [2.24, 2.45) is 8.20 Å². The van der Waals surface area contributed by atoms with Crippen molar-refractivity contribution in [1.29, 1.82) is 0 Å². The Kier molecular flexibility index (Phi) is 5.64. The predicted octanol–water partition coefficient (Wildman–Crippen LogP) is 4.55. The summed E-state index contributed by atoms with van der Waals surface area (Å²) in [6, 6.07) is 6.57. The van der Waals surface area contributed by atoms with Crippen molar-refractivity contribution in [2.45, 2.75) is 6.92 Å². The number of hydrogen-bond donors (Lipinski definition) is 0. The SMILES string of the molecule is C=N/C=C\C(C#CC1=CI(c2ccc(F)cc2)N=C1)=C/C.